The number of hydrogen-bond donors (Lipinski definition) is 1. The van der Waals surface area contributed by atoms with Crippen LogP contribution < -0.4 is 0 Å². The quantitative estimate of drug-likeness (QED) is 0.771. The zero-order valence-electron chi connectivity index (χ0n) is 8.97. The van der Waals surface area contributed by atoms with Crippen molar-refractivity contribution in [3.8, 4) is 0 Å². The molecule has 4 heteroatoms. The smallest absolute Gasteiger partial charge is 0.335 e. The lowest BCUT2D eigenvalue weighted by Crippen LogP contribution is -1.96. The molecule has 0 amide bonds. The molecule has 0 fully saturated rings. The Bertz CT molecular complexity index is 255. The van der Waals surface area contributed by atoms with Crippen molar-refractivity contribution in [2.24, 2.45) is 0 Å². The van der Waals surface area contributed by atoms with E-state index >= 15 is 0 Å². The fourth-order valence-corrected chi connectivity index (χ4v) is 0.747. The Morgan fingerprint density at radius 3 is 1.87 bits per heavy atom. The molecule has 0 bridgehead atoms. The molecule has 1 aromatic carbocycles. The second-order valence-corrected chi connectivity index (χ2v) is 2.66. The van der Waals surface area contributed by atoms with E-state index in [-0.39, 0.29) is 0 Å². The Labute approximate surface area is 89.4 Å². The Morgan fingerprint density at radius 2 is 1.60 bits per heavy atom. The fourth-order valence-electron chi connectivity index (χ4n) is 0.747. The third-order valence-corrected chi connectivity index (χ3v) is 1.51. The minimum Gasteiger partial charge on any atom is -0.478 e. The van der Waals surface area contributed by atoms with Gasteiger partial charge in [0, 0.05) is 14.2 Å². The molecule has 1 N–H and O–H groups in total. The van der Waals surface area contributed by atoms with Crippen molar-refractivity contribution in [2.75, 3.05) is 27.4 Å². The number of methoxy groups -OCH3 is 2. The van der Waals surface area contributed by atoms with Gasteiger partial charge < -0.3 is 14.6 Å². The van der Waals surface area contributed by atoms with E-state index in [2.05, 4.69) is 9.47 Å². The van der Waals surface area contributed by atoms with Crippen LogP contribution in [-0.2, 0) is 9.47 Å². The summed E-state index contributed by atoms with van der Waals surface area (Å²) in [7, 11) is 3.30. The topological polar surface area (TPSA) is 55.8 Å². The molecule has 0 aliphatic heterocycles. The molecule has 15 heavy (non-hydrogen) atoms. The number of carboxylic acids is 1. The number of rotatable bonds is 4. The monoisotopic (exact) mass is 212 g/mol. The summed E-state index contributed by atoms with van der Waals surface area (Å²) < 4.78 is 9.31. The van der Waals surface area contributed by atoms with Crippen molar-refractivity contribution in [1.29, 1.82) is 0 Å². The third kappa shape index (κ3) is 7.66. The maximum Gasteiger partial charge on any atom is 0.335 e. The van der Waals surface area contributed by atoms with E-state index in [1.807, 2.05) is 0 Å². The van der Waals surface area contributed by atoms with Gasteiger partial charge in [-0.05, 0) is 12.1 Å². The van der Waals surface area contributed by atoms with Crippen molar-refractivity contribution in [3.05, 3.63) is 35.9 Å². The van der Waals surface area contributed by atoms with E-state index in [4.69, 9.17) is 5.11 Å². The SMILES string of the molecule is COCCOC.O=C(O)c1ccccc1. The van der Waals surface area contributed by atoms with Crippen LogP contribution in [0.4, 0.5) is 0 Å². The number of hydrogen-bond acceptors (Lipinski definition) is 3. The van der Waals surface area contributed by atoms with Gasteiger partial charge in [-0.2, -0.15) is 0 Å². The van der Waals surface area contributed by atoms with Crippen molar-refractivity contribution < 1.29 is 19.4 Å². The highest BCUT2D eigenvalue weighted by Gasteiger charge is 1.96. The first-order chi connectivity index (χ1) is 7.22. The van der Waals surface area contributed by atoms with Gasteiger partial charge in [-0.25, -0.2) is 4.79 Å². The first-order valence-corrected chi connectivity index (χ1v) is 4.48. The van der Waals surface area contributed by atoms with Crippen LogP contribution in [-0.4, -0.2) is 38.5 Å². The maximum absolute atomic E-state index is 10.2. The second-order valence-electron chi connectivity index (χ2n) is 2.66. The number of carboxylic acid groups (broad SMARTS) is 1. The largest absolute Gasteiger partial charge is 0.478 e. The normalized spacial score (nSPS) is 8.93. The molecule has 0 saturated carbocycles. The molecule has 0 spiro atoms. The minimum atomic E-state index is -0.879. The molecule has 0 radical (unpaired) electrons. The predicted octanol–water partition coefficient (Wildman–Crippen LogP) is 1.66. The van der Waals surface area contributed by atoms with Gasteiger partial charge in [-0.15, -0.1) is 0 Å². The van der Waals surface area contributed by atoms with Crippen molar-refractivity contribution in [2.45, 2.75) is 0 Å². The van der Waals surface area contributed by atoms with Crippen LogP contribution in [0.2, 0.25) is 0 Å². The van der Waals surface area contributed by atoms with Gasteiger partial charge in [0.2, 0.25) is 0 Å². The van der Waals surface area contributed by atoms with Gasteiger partial charge in [0.05, 0.1) is 18.8 Å². The predicted molar refractivity (Wildman–Crippen MR) is 57.2 cm³/mol. The average molecular weight is 212 g/mol. The molecule has 0 atom stereocenters. The molecule has 0 unspecified atom stereocenters. The van der Waals surface area contributed by atoms with Crippen molar-refractivity contribution in [1.82, 2.24) is 0 Å². The van der Waals surface area contributed by atoms with E-state index in [1.54, 1.807) is 44.6 Å². The summed E-state index contributed by atoms with van der Waals surface area (Å²) in [5.41, 5.74) is 0.331. The lowest BCUT2D eigenvalue weighted by atomic mass is 10.2. The van der Waals surface area contributed by atoms with E-state index in [0.29, 0.717) is 18.8 Å². The molecule has 1 aromatic rings. The Morgan fingerprint density at radius 1 is 1.13 bits per heavy atom. The van der Waals surface area contributed by atoms with Crippen molar-refractivity contribution >= 4 is 5.97 Å². The van der Waals surface area contributed by atoms with E-state index in [9.17, 15) is 4.79 Å². The van der Waals surface area contributed by atoms with Gasteiger partial charge in [-0.3, -0.25) is 0 Å². The van der Waals surface area contributed by atoms with Gasteiger partial charge in [0.25, 0.3) is 0 Å². The highest BCUT2D eigenvalue weighted by atomic mass is 16.5. The number of carbonyl (C=O) groups is 1. The van der Waals surface area contributed by atoms with Crippen molar-refractivity contribution in [3.63, 3.8) is 0 Å². The second kappa shape index (κ2) is 9.18. The number of aromatic carboxylic acids is 1. The zero-order valence-corrected chi connectivity index (χ0v) is 8.97. The molecular formula is C11H16O4. The van der Waals surface area contributed by atoms with E-state index < -0.39 is 5.97 Å². The molecule has 84 valence electrons. The van der Waals surface area contributed by atoms with Gasteiger partial charge >= 0.3 is 5.97 Å². The fraction of sp³-hybridized carbons (Fsp3) is 0.364. The summed E-state index contributed by atoms with van der Waals surface area (Å²) in [4.78, 5) is 10.2. The molecule has 0 aliphatic carbocycles. The van der Waals surface area contributed by atoms with Gasteiger partial charge in [0.15, 0.2) is 0 Å². The van der Waals surface area contributed by atoms with E-state index in [0.717, 1.165) is 0 Å². The van der Waals surface area contributed by atoms with Crippen LogP contribution >= 0.6 is 0 Å². The summed E-state index contributed by atoms with van der Waals surface area (Å²) in [6.07, 6.45) is 0. The lowest BCUT2D eigenvalue weighted by molar-refractivity contribution is 0.0697. The highest BCUT2D eigenvalue weighted by Crippen LogP contribution is 1.96. The van der Waals surface area contributed by atoms with Crippen LogP contribution in [0.3, 0.4) is 0 Å². The van der Waals surface area contributed by atoms with E-state index in [1.165, 1.54) is 0 Å². The molecule has 1 rings (SSSR count). The Kier molecular flexibility index (Phi) is 8.33. The van der Waals surface area contributed by atoms with Crippen LogP contribution in [0.25, 0.3) is 0 Å². The summed E-state index contributed by atoms with van der Waals surface area (Å²) in [5, 5.41) is 8.38. The van der Waals surface area contributed by atoms with Gasteiger partial charge in [0.1, 0.15) is 0 Å². The third-order valence-electron chi connectivity index (χ3n) is 1.51. The molecule has 0 aliphatic rings. The molecule has 0 aromatic heterocycles. The number of ether oxygens (including phenoxy) is 2. The summed E-state index contributed by atoms with van der Waals surface area (Å²) >= 11 is 0. The Balaban J connectivity index is 0.000000288. The lowest BCUT2D eigenvalue weighted by Gasteiger charge is -1.91. The Hall–Kier alpha value is -1.39. The first-order valence-electron chi connectivity index (χ1n) is 4.48. The molecule has 0 saturated heterocycles. The highest BCUT2D eigenvalue weighted by molar-refractivity contribution is 5.87. The molecular weight excluding hydrogens is 196 g/mol. The molecule has 4 nitrogen and oxygen atoms in total. The average Bonchev–Trinajstić information content (AvgIpc) is 2.28. The first kappa shape index (κ1) is 13.6. The minimum absolute atomic E-state index is 0.331. The number of benzene rings is 1. The van der Waals surface area contributed by atoms with Crippen LogP contribution in [0, 0.1) is 0 Å². The van der Waals surface area contributed by atoms with Crippen LogP contribution in [0.5, 0.6) is 0 Å². The summed E-state index contributed by atoms with van der Waals surface area (Å²) in [5.74, 6) is -0.879. The summed E-state index contributed by atoms with van der Waals surface area (Å²) in [6.45, 7) is 1.38. The van der Waals surface area contributed by atoms with Crippen LogP contribution in [0.15, 0.2) is 30.3 Å². The van der Waals surface area contributed by atoms with Gasteiger partial charge in [-0.1, -0.05) is 18.2 Å². The molecule has 0 heterocycles. The standard InChI is InChI=1S/C7H6O2.C4H10O2/c8-7(9)6-4-2-1-3-5-6;1-5-3-4-6-2/h1-5H,(H,8,9);3-4H2,1-2H3. The maximum atomic E-state index is 10.2. The van der Waals surface area contributed by atoms with Crippen LogP contribution in [0.1, 0.15) is 10.4 Å². The summed E-state index contributed by atoms with van der Waals surface area (Å²) in [6, 6.07) is 8.30. The zero-order chi connectivity index (χ0) is 11.5.